The van der Waals surface area contributed by atoms with Crippen LogP contribution in [-0.2, 0) is 6.54 Å². The van der Waals surface area contributed by atoms with Gasteiger partial charge in [0.15, 0.2) is 0 Å². The number of nitrogens with zero attached hydrogens (tertiary/aromatic N) is 1. The van der Waals surface area contributed by atoms with Crippen LogP contribution in [0.5, 0.6) is 0 Å². The van der Waals surface area contributed by atoms with Gasteiger partial charge in [-0.1, -0.05) is 13.0 Å². The summed E-state index contributed by atoms with van der Waals surface area (Å²) in [4.78, 5) is 2.63. The van der Waals surface area contributed by atoms with Gasteiger partial charge in [0.1, 0.15) is 5.82 Å². The molecule has 1 aromatic rings. The third kappa shape index (κ3) is 3.04. The molecule has 1 saturated heterocycles. The van der Waals surface area contributed by atoms with Crippen molar-refractivity contribution in [1.82, 2.24) is 10.2 Å². The molecule has 2 nitrogen and oxygen atoms in total. The SMILES string of the molecule is CCC1CN(Cc2ccc(F)cc2C)C(C2CC2)CN1. The molecule has 1 N–H and O–H groups in total. The number of aryl methyl sites for hydroxylation is 1. The summed E-state index contributed by atoms with van der Waals surface area (Å²) in [5, 5.41) is 3.68. The fourth-order valence-electron chi connectivity index (χ4n) is 3.36. The van der Waals surface area contributed by atoms with Gasteiger partial charge in [-0.05, 0) is 55.4 Å². The molecule has 0 amide bonds. The van der Waals surface area contributed by atoms with Crippen molar-refractivity contribution in [2.75, 3.05) is 13.1 Å². The summed E-state index contributed by atoms with van der Waals surface area (Å²) in [5.74, 6) is 0.748. The first-order valence-electron chi connectivity index (χ1n) is 7.90. The Morgan fingerprint density at radius 2 is 2.15 bits per heavy atom. The lowest BCUT2D eigenvalue weighted by Crippen LogP contribution is -2.56. The predicted octanol–water partition coefficient (Wildman–Crippen LogP) is 3.10. The van der Waals surface area contributed by atoms with Crippen molar-refractivity contribution in [3.05, 3.63) is 35.1 Å². The van der Waals surface area contributed by atoms with Gasteiger partial charge in [0.2, 0.25) is 0 Å². The highest BCUT2D eigenvalue weighted by Gasteiger charge is 2.38. The van der Waals surface area contributed by atoms with Gasteiger partial charge in [0, 0.05) is 31.7 Å². The Balaban J connectivity index is 1.74. The van der Waals surface area contributed by atoms with E-state index < -0.39 is 0 Å². The molecular weight excluding hydrogens is 251 g/mol. The van der Waals surface area contributed by atoms with E-state index in [-0.39, 0.29) is 5.82 Å². The van der Waals surface area contributed by atoms with Crippen molar-refractivity contribution in [2.45, 2.75) is 51.7 Å². The second-order valence-corrected chi connectivity index (χ2v) is 6.42. The summed E-state index contributed by atoms with van der Waals surface area (Å²) in [7, 11) is 0. The molecule has 2 aliphatic rings. The van der Waals surface area contributed by atoms with Crippen LogP contribution >= 0.6 is 0 Å². The normalized spacial score (nSPS) is 27.8. The Bertz CT molecular complexity index is 470. The molecule has 2 unspecified atom stereocenters. The first-order valence-corrected chi connectivity index (χ1v) is 7.90. The molecule has 1 saturated carbocycles. The van der Waals surface area contributed by atoms with E-state index in [0.29, 0.717) is 12.1 Å². The number of piperazine rings is 1. The fourth-order valence-corrected chi connectivity index (χ4v) is 3.36. The summed E-state index contributed by atoms with van der Waals surface area (Å²) < 4.78 is 13.2. The lowest BCUT2D eigenvalue weighted by Gasteiger charge is -2.41. The third-order valence-electron chi connectivity index (χ3n) is 4.88. The Kier molecular flexibility index (Phi) is 4.08. The van der Waals surface area contributed by atoms with Gasteiger partial charge in [0.05, 0.1) is 0 Å². The van der Waals surface area contributed by atoms with Gasteiger partial charge >= 0.3 is 0 Å². The van der Waals surface area contributed by atoms with E-state index in [1.165, 1.54) is 24.8 Å². The molecule has 3 heteroatoms. The van der Waals surface area contributed by atoms with Gasteiger partial charge in [-0.3, -0.25) is 4.90 Å². The van der Waals surface area contributed by atoms with Gasteiger partial charge < -0.3 is 5.32 Å². The standard InChI is InChI=1S/C17H25FN2/c1-3-16-11-20(17(9-19-16)13-4-5-13)10-14-6-7-15(18)8-12(14)2/h6-8,13,16-17,19H,3-5,9-11H2,1-2H3. The highest BCUT2D eigenvalue weighted by atomic mass is 19.1. The highest BCUT2D eigenvalue weighted by Crippen LogP contribution is 2.37. The number of halogens is 1. The number of rotatable bonds is 4. The van der Waals surface area contributed by atoms with Crippen LogP contribution in [0, 0.1) is 18.7 Å². The molecule has 2 fully saturated rings. The van der Waals surface area contributed by atoms with Crippen molar-refractivity contribution in [3.8, 4) is 0 Å². The van der Waals surface area contributed by atoms with E-state index >= 15 is 0 Å². The van der Waals surface area contributed by atoms with Crippen molar-refractivity contribution in [1.29, 1.82) is 0 Å². The number of benzene rings is 1. The summed E-state index contributed by atoms with van der Waals surface area (Å²) in [6.45, 7) is 7.46. The van der Waals surface area contributed by atoms with E-state index in [9.17, 15) is 4.39 Å². The van der Waals surface area contributed by atoms with Crippen LogP contribution in [0.15, 0.2) is 18.2 Å². The zero-order valence-corrected chi connectivity index (χ0v) is 12.5. The number of nitrogens with one attached hydrogen (secondary N) is 1. The first-order chi connectivity index (χ1) is 9.67. The lowest BCUT2D eigenvalue weighted by molar-refractivity contribution is 0.105. The van der Waals surface area contributed by atoms with Gasteiger partial charge in [-0.25, -0.2) is 4.39 Å². The van der Waals surface area contributed by atoms with Crippen LogP contribution in [0.4, 0.5) is 4.39 Å². The van der Waals surface area contributed by atoms with E-state index in [4.69, 9.17) is 0 Å². The maximum atomic E-state index is 13.2. The van der Waals surface area contributed by atoms with Crippen LogP contribution in [0.25, 0.3) is 0 Å². The molecule has 0 bridgehead atoms. The summed E-state index contributed by atoms with van der Waals surface area (Å²) in [6.07, 6.45) is 3.93. The second-order valence-electron chi connectivity index (χ2n) is 6.42. The largest absolute Gasteiger partial charge is 0.311 e. The molecule has 1 heterocycles. The third-order valence-corrected chi connectivity index (χ3v) is 4.88. The molecule has 3 rings (SSSR count). The molecule has 1 aliphatic heterocycles. The van der Waals surface area contributed by atoms with Crippen LogP contribution < -0.4 is 5.32 Å². The quantitative estimate of drug-likeness (QED) is 0.909. The van der Waals surface area contributed by atoms with Gasteiger partial charge in [0.25, 0.3) is 0 Å². The Hall–Kier alpha value is -0.930. The maximum Gasteiger partial charge on any atom is 0.123 e. The van der Waals surface area contributed by atoms with Gasteiger partial charge in [-0.2, -0.15) is 0 Å². The Labute approximate surface area is 121 Å². The molecule has 1 aromatic carbocycles. The van der Waals surface area contributed by atoms with E-state index in [2.05, 4.69) is 17.1 Å². The van der Waals surface area contributed by atoms with Crippen molar-refractivity contribution in [3.63, 3.8) is 0 Å². The Morgan fingerprint density at radius 1 is 1.35 bits per heavy atom. The molecule has 1 aliphatic carbocycles. The minimum Gasteiger partial charge on any atom is -0.311 e. The zero-order chi connectivity index (χ0) is 14.1. The Morgan fingerprint density at radius 3 is 2.80 bits per heavy atom. The molecule has 110 valence electrons. The summed E-state index contributed by atoms with van der Waals surface area (Å²) >= 11 is 0. The molecular formula is C17H25FN2. The van der Waals surface area contributed by atoms with Crippen molar-refractivity contribution < 1.29 is 4.39 Å². The average Bonchev–Trinajstić information content (AvgIpc) is 3.26. The minimum absolute atomic E-state index is 0.128. The second kappa shape index (κ2) is 5.82. The van der Waals surface area contributed by atoms with E-state index in [1.54, 1.807) is 12.1 Å². The average molecular weight is 276 g/mol. The van der Waals surface area contributed by atoms with Crippen LogP contribution in [0.2, 0.25) is 0 Å². The first kappa shape index (κ1) is 14.0. The summed E-state index contributed by atoms with van der Waals surface area (Å²) in [6, 6.07) is 6.47. The smallest absolute Gasteiger partial charge is 0.123 e. The van der Waals surface area contributed by atoms with Crippen molar-refractivity contribution >= 4 is 0 Å². The molecule has 0 spiro atoms. The van der Waals surface area contributed by atoms with Crippen LogP contribution in [0.1, 0.15) is 37.3 Å². The van der Waals surface area contributed by atoms with E-state index in [0.717, 1.165) is 31.1 Å². The number of hydrogen-bond donors (Lipinski definition) is 1. The zero-order valence-electron chi connectivity index (χ0n) is 12.5. The van der Waals surface area contributed by atoms with Crippen molar-refractivity contribution in [2.24, 2.45) is 5.92 Å². The molecule has 0 radical (unpaired) electrons. The van der Waals surface area contributed by atoms with Crippen LogP contribution in [0.3, 0.4) is 0 Å². The van der Waals surface area contributed by atoms with Gasteiger partial charge in [-0.15, -0.1) is 0 Å². The van der Waals surface area contributed by atoms with E-state index in [1.807, 2.05) is 13.0 Å². The highest BCUT2D eigenvalue weighted by molar-refractivity contribution is 5.26. The predicted molar refractivity (Wildman–Crippen MR) is 80.1 cm³/mol. The van der Waals surface area contributed by atoms with Crippen LogP contribution in [-0.4, -0.2) is 30.1 Å². The fraction of sp³-hybridized carbons (Fsp3) is 0.647. The maximum absolute atomic E-state index is 13.2. The summed E-state index contributed by atoms with van der Waals surface area (Å²) in [5.41, 5.74) is 2.35. The lowest BCUT2D eigenvalue weighted by atomic mass is 10.0. The molecule has 2 atom stereocenters. The molecule has 20 heavy (non-hydrogen) atoms. The minimum atomic E-state index is -0.128. The number of hydrogen-bond acceptors (Lipinski definition) is 2. The monoisotopic (exact) mass is 276 g/mol. The molecule has 0 aromatic heterocycles. The topological polar surface area (TPSA) is 15.3 Å².